The molecule has 0 spiro atoms. The maximum atomic E-state index is 6.02. The topological polar surface area (TPSA) is 51.0 Å². The lowest BCUT2D eigenvalue weighted by atomic mass is 9.75. The molecule has 4 rings (SSSR count). The number of aromatic nitrogens is 2. The number of benzene rings is 1. The molecule has 2 aliphatic rings. The average Bonchev–Trinajstić information content (AvgIpc) is 2.96. The van der Waals surface area contributed by atoms with Gasteiger partial charge < -0.3 is 9.73 Å². The average molecular weight is 283 g/mol. The lowest BCUT2D eigenvalue weighted by Crippen LogP contribution is -2.40. The SMILES string of the molecule is c1ccc(C2CCCCC2c2nnc(C3CNC3)o2)cc1. The summed E-state index contributed by atoms with van der Waals surface area (Å²) in [5.41, 5.74) is 1.41. The van der Waals surface area contributed by atoms with Gasteiger partial charge in [-0.3, -0.25) is 0 Å². The Labute approximate surface area is 125 Å². The fourth-order valence-electron chi connectivity index (χ4n) is 3.55. The third kappa shape index (κ3) is 2.48. The van der Waals surface area contributed by atoms with Crippen LogP contribution in [0.25, 0.3) is 0 Å². The first-order chi connectivity index (χ1) is 10.4. The van der Waals surface area contributed by atoms with Gasteiger partial charge in [0.2, 0.25) is 11.8 Å². The Morgan fingerprint density at radius 2 is 1.62 bits per heavy atom. The Balaban J connectivity index is 1.60. The smallest absolute Gasteiger partial charge is 0.222 e. The van der Waals surface area contributed by atoms with Gasteiger partial charge in [-0.15, -0.1) is 10.2 Å². The first-order valence-corrected chi connectivity index (χ1v) is 8.01. The summed E-state index contributed by atoms with van der Waals surface area (Å²) in [5.74, 6) is 3.00. The van der Waals surface area contributed by atoms with Crippen molar-refractivity contribution in [3.63, 3.8) is 0 Å². The second-order valence-corrected chi connectivity index (χ2v) is 6.24. The molecule has 2 aromatic rings. The maximum absolute atomic E-state index is 6.02. The van der Waals surface area contributed by atoms with E-state index in [-0.39, 0.29) is 0 Å². The summed E-state index contributed by atoms with van der Waals surface area (Å²) in [4.78, 5) is 0. The monoisotopic (exact) mass is 283 g/mol. The molecule has 0 amide bonds. The van der Waals surface area contributed by atoms with Crippen molar-refractivity contribution in [3.05, 3.63) is 47.7 Å². The van der Waals surface area contributed by atoms with Gasteiger partial charge in [0.05, 0.1) is 5.92 Å². The molecule has 2 fully saturated rings. The van der Waals surface area contributed by atoms with Crippen LogP contribution in [0, 0.1) is 0 Å². The van der Waals surface area contributed by atoms with Gasteiger partial charge in [0.25, 0.3) is 0 Å². The van der Waals surface area contributed by atoms with Crippen molar-refractivity contribution in [2.75, 3.05) is 13.1 Å². The lowest BCUT2D eigenvalue weighted by Gasteiger charge is -2.29. The van der Waals surface area contributed by atoms with Crippen LogP contribution in [0.2, 0.25) is 0 Å². The highest BCUT2D eigenvalue weighted by atomic mass is 16.4. The molecule has 21 heavy (non-hydrogen) atoms. The molecule has 1 aromatic heterocycles. The second-order valence-electron chi connectivity index (χ2n) is 6.24. The van der Waals surface area contributed by atoms with Crippen LogP contribution in [0.3, 0.4) is 0 Å². The van der Waals surface area contributed by atoms with Gasteiger partial charge in [-0.25, -0.2) is 0 Å². The van der Waals surface area contributed by atoms with Gasteiger partial charge >= 0.3 is 0 Å². The highest BCUT2D eigenvalue weighted by Crippen LogP contribution is 2.43. The minimum absolute atomic E-state index is 0.385. The zero-order valence-electron chi connectivity index (χ0n) is 12.2. The molecule has 2 unspecified atom stereocenters. The largest absolute Gasteiger partial charge is 0.425 e. The molecule has 1 aliphatic carbocycles. The fourth-order valence-corrected chi connectivity index (χ4v) is 3.55. The number of hydrogen-bond acceptors (Lipinski definition) is 4. The van der Waals surface area contributed by atoms with Crippen molar-refractivity contribution in [3.8, 4) is 0 Å². The molecule has 1 aliphatic heterocycles. The van der Waals surface area contributed by atoms with Crippen LogP contribution >= 0.6 is 0 Å². The summed E-state index contributed by atoms with van der Waals surface area (Å²) in [6.45, 7) is 1.93. The molecule has 1 saturated carbocycles. The molecule has 0 radical (unpaired) electrons. The van der Waals surface area contributed by atoms with E-state index in [2.05, 4.69) is 45.8 Å². The van der Waals surface area contributed by atoms with Crippen LogP contribution in [-0.4, -0.2) is 23.3 Å². The molecule has 1 N–H and O–H groups in total. The number of rotatable bonds is 3. The van der Waals surface area contributed by atoms with Crippen LogP contribution in [0.5, 0.6) is 0 Å². The lowest BCUT2D eigenvalue weighted by molar-refractivity contribution is 0.295. The molecule has 0 bridgehead atoms. The van der Waals surface area contributed by atoms with E-state index >= 15 is 0 Å². The molecule has 4 nitrogen and oxygen atoms in total. The fraction of sp³-hybridized carbons (Fsp3) is 0.529. The van der Waals surface area contributed by atoms with E-state index in [1.54, 1.807) is 0 Å². The summed E-state index contributed by atoms with van der Waals surface area (Å²) >= 11 is 0. The highest BCUT2D eigenvalue weighted by Gasteiger charge is 2.33. The van der Waals surface area contributed by atoms with Crippen LogP contribution in [0.4, 0.5) is 0 Å². The minimum atomic E-state index is 0.385. The van der Waals surface area contributed by atoms with Crippen LogP contribution in [-0.2, 0) is 0 Å². The molecule has 1 saturated heterocycles. The van der Waals surface area contributed by atoms with Gasteiger partial charge in [0, 0.05) is 19.0 Å². The highest BCUT2D eigenvalue weighted by molar-refractivity contribution is 5.23. The molecule has 2 heterocycles. The predicted octanol–water partition coefficient (Wildman–Crippen LogP) is 3.20. The maximum Gasteiger partial charge on any atom is 0.222 e. The van der Waals surface area contributed by atoms with Gasteiger partial charge in [0.1, 0.15) is 0 Å². The van der Waals surface area contributed by atoms with Gasteiger partial charge in [-0.2, -0.15) is 0 Å². The summed E-state index contributed by atoms with van der Waals surface area (Å²) in [5, 5.41) is 11.9. The zero-order valence-corrected chi connectivity index (χ0v) is 12.2. The quantitative estimate of drug-likeness (QED) is 0.940. The van der Waals surface area contributed by atoms with E-state index in [1.165, 1.54) is 24.8 Å². The summed E-state index contributed by atoms with van der Waals surface area (Å²) in [7, 11) is 0. The Bertz CT molecular complexity index is 591. The molecule has 1 aromatic carbocycles. The zero-order chi connectivity index (χ0) is 14.1. The van der Waals surface area contributed by atoms with E-state index < -0.39 is 0 Å². The minimum Gasteiger partial charge on any atom is -0.425 e. The van der Waals surface area contributed by atoms with E-state index in [4.69, 9.17) is 4.42 Å². The third-order valence-electron chi connectivity index (χ3n) is 4.90. The van der Waals surface area contributed by atoms with Gasteiger partial charge in [-0.1, -0.05) is 43.2 Å². The van der Waals surface area contributed by atoms with Crippen molar-refractivity contribution in [2.24, 2.45) is 0 Å². The van der Waals surface area contributed by atoms with E-state index in [9.17, 15) is 0 Å². The molecular formula is C17H21N3O. The van der Waals surface area contributed by atoms with Crippen molar-refractivity contribution in [1.82, 2.24) is 15.5 Å². The first-order valence-electron chi connectivity index (χ1n) is 8.01. The van der Waals surface area contributed by atoms with E-state index in [1.807, 2.05) is 0 Å². The summed E-state index contributed by atoms with van der Waals surface area (Å²) in [6, 6.07) is 10.8. The molecular weight excluding hydrogens is 262 g/mol. The summed E-state index contributed by atoms with van der Waals surface area (Å²) < 4.78 is 6.02. The number of hydrogen-bond donors (Lipinski definition) is 1. The third-order valence-corrected chi connectivity index (χ3v) is 4.90. The Hall–Kier alpha value is -1.68. The number of nitrogens with one attached hydrogen (secondary N) is 1. The van der Waals surface area contributed by atoms with Gasteiger partial charge in [0.15, 0.2) is 0 Å². The van der Waals surface area contributed by atoms with Crippen molar-refractivity contribution < 1.29 is 4.42 Å². The van der Waals surface area contributed by atoms with Crippen molar-refractivity contribution >= 4 is 0 Å². The standard InChI is InChI=1S/C17H21N3O/c1-2-6-12(7-3-1)14-8-4-5-9-15(14)17-20-19-16(21-17)13-10-18-11-13/h1-3,6-7,13-15,18H,4-5,8-11H2. The normalized spacial score (nSPS) is 26.5. The Morgan fingerprint density at radius 3 is 2.33 bits per heavy atom. The second kappa shape index (κ2) is 5.60. The molecule has 4 heteroatoms. The Morgan fingerprint density at radius 1 is 0.905 bits per heavy atom. The number of nitrogens with zero attached hydrogens (tertiary/aromatic N) is 2. The van der Waals surface area contributed by atoms with Crippen molar-refractivity contribution in [1.29, 1.82) is 0 Å². The van der Waals surface area contributed by atoms with Gasteiger partial charge in [-0.05, 0) is 24.3 Å². The van der Waals surface area contributed by atoms with Crippen molar-refractivity contribution in [2.45, 2.75) is 43.4 Å². The molecule has 110 valence electrons. The van der Waals surface area contributed by atoms with E-state index in [0.717, 1.165) is 31.3 Å². The van der Waals surface area contributed by atoms with E-state index in [0.29, 0.717) is 17.8 Å². The summed E-state index contributed by atoms with van der Waals surface area (Å²) in [6.07, 6.45) is 4.93. The van der Waals surface area contributed by atoms with Crippen LogP contribution in [0.15, 0.2) is 34.7 Å². The first kappa shape index (κ1) is 13.0. The van der Waals surface area contributed by atoms with Crippen LogP contribution in [0.1, 0.15) is 60.8 Å². The predicted molar refractivity (Wildman–Crippen MR) is 80.3 cm³/mol. The van der Waals surface area contributed by atoms with Crippen LogP contribution < -0.4 is 5.32 Å². The molecule has 2 atom stereocenters. The Kier molecular flexibility index (Phi) is 3.47.